The van der Waals surface area contributed by atoms with Gasteiger partial charge in [0.1, 0.15) is 5.15 Å². The van der Waals surface area contributed by atoms with Crippen molar-refractivity contribution in [1.29, 1.82) is 0 Å². The second-order valence-corrected chi connectivity index (χ2v) is 7.09. The number of thiazole rings is 1. The van der Waals surface area contributed by atoms with E-state index in [2.05, 4.69) is 9.97 Å². The van der Waals surface area contributed by atoms with Gasteiger partial charge in [-0.05, 0) is 6.42 Å². The molecule has 21 heavy (non-hydrogen) atoms. The van der Waals surface area contributed by atoms with E-state index < -0.39 is 5.69 Å². The van der Waals surface area contributed by atoms with Crippen LogP contribution >= 0.6 is 22.9 Å². The zero-order valence-electron chi connectivity index (χ0n) is 12.5. The Bertz CT molecular complexity index is 768. The van der Waals surface area contributed by atoms with Gasteiger partial charge < -0.3 is 0 Å². The van der Waals surface area contributed by atoms with Gasteiger partial charge in [-0.3, -0.25) is 9.78 Å². The minimum atomic E-state index is -0.556. The molecule has 0 aliphatic rings. The molecule has 0 aliphatic carbocycles. The van der Waals surface area contributed by atoms with Crippen LogP contribution in [0.2, 0.25) is 5.15 Å². The summed E-state index contributed by atoms with van der Waals surface area (Å²) >= 11 is 7.24. The molecule has 0 fully saturated rings. The Kier molecular flexibility index (Phi) is 4.39. The predicted molar refractivity (Wildman–Crippen MR) is 86.0 cm³/mol. The average Bonchev–Trinajstić information content (AvgIpc) is 2.83. The van der Waals surface area contributed by atoms with Gasteiger partial charge in [-0.2, -0.15) is 0 Å². The molecule has 0 radical (unpaired) electrons. The van der Waals surface area contributed by atoms with Crippen molar-refractivity contribution in [3.63, 3.8) is 0 Å². The first-order chi connectivity index (χ1) is 9.75. The number of hydrogen-bond donors (Lipinski definition) is 1. The third-order valence-corrected chi connectivity index (χ3v) is 4.25. The van der Waals surface area contributed by atoms with Crippen molar-refractivity contribution in [1.82, 2.24) is 14.5 Å². The van der Waals surface area contributed by atoms with Crippen LogP contribution < -0.4 is 11.2 Å². The Morgan fingerprint density at radius 1 is 1.38 bits per heavy atom. The highest BCUT2D eigenvalue weighted by atomic mass is 35.5. The molecule has 2 heterocycles. The van der Waals surface area contributed by atoms with E-state index in [1.165, 1.54) is 11.3 Å². The van der Waals surface area contributed by atoms with Crippen LogP contribution in [0.25, 0.3) is 5.13 Å². The zero-order chi connectivity index (χ0) is 15.8. The van der Waals surface area contributed by atoms with Crippen LogP contribution in [-0.4, -0.2) is 14.5 Å². The summed E-state index contributed by atoms with van der Waals surface area (Å²) in [5, 5.41) is 2.37. The normalized spacial score (nSPS) is 11.9. The molecule has 0 amide bonds. The van der Waals surface area contributed by atoms with Crippen LogP contribution in [0.15, 0.2) is 15.0 Å². The van der Waals surface area contributed by atoms with E-state index in [-0.39, 0.29) is 16.1 Å². The van der Waals surface area contributed by atoms with Crippen LogP contribution in [0.4, 0.5) is 0 Å². The summed E-state index contributed by atoms with van der Waals surface area (Å²) in [6, 6.07) is 0. The minimum absolute atomic E-state index is 0.121. The Morgan fingerprint density at radius 3 is 2.57 bits per heavy atom. The number of hydrogen-bond acceptors (Lipinski definition) is 4. The monoisotopic (exact) mass is 327 g/mol. The lowest BCUT2D eigenvalue weighted by Gasteiger charge is -2.14. The maximum Gasteiger partial charge on any atom is 0.336 e. The SMILES string of the molecule is CCCc1c(Cl)[nH]c(=O)n(-c2nc(C(C)(C)C)cs2)c1=O. The van der Waals surface area contributed by atoms with Crippen LogP contribution in [0, 0.1) is 0 Å². The highest BCUT2D eigenvalue weighted by Crippen LogP contribution is 2.24. The Labute approximate surface area is 131 Å². The molecule has 1 N–H and O–H groups in total. The smallest absolute Gasteiger partial charge is 0.297 e. The molecule has 0 atom stereocenters. The molecule has 2 aromatic rings. The average molecular weight is 328 g/mol. The summed E-state index contributed by atoms with van der Waals surface area (Å²) < 4.78 is 1.07. The number of nitrogens with zero attached hydrogens (tertiary/aromatic N) is 2. The van der Waals surface area contributed by atoms with Gasteiger partial charge >= 0.3 is 5.69 Å². The quantitative estimate of drug-likeness (QED) is 0.881. The first kappa shape index (κ1) is 16.0. The lowest BCUT2D eigenvalue weighted by Crippen LogP contribution is -2.36. The summed E-state index contributed by atoms with van der Waals surface area (Å²) in [5.74, 6) is 0. The second-order valence-electron chi connectivity index (χ2n) is 5.88. The third kappa shape index (κ3) is 3.11. The first-order valence-corrected chi connectivity index (χ1v) is 8.01. The maximum atomic E-state index is 12.5. The van der Waals surface area contributed by atoms with E-state index in [9.17, 15) is 9.59 Å². The molecule has 0 unspecified atom stereocenters. The maximum absolute atomic E-state index is 12.5. The van der Waals surface area contributed by atoms with Crippen molar-refractivity contribution < 1.29 is 0 Å². The molecule has 2 aromatic heterocycles. The fraction of sp³-hybridized carbons (Fsp3) is 0.500. The molecule has 0 saturated heterocycles. The predicted octanol–water partition coefficient (Wildman–Crippen LogP) is 2.89. The van der Waals surface area contributed by atoms with E-state index in [1.807, 2.05) is 33.1 Å². The topological polar surface area (TPSA) is 67.8 Å². The molecule has 0 aliphatic heterocycles. The minimum Gasteiger partial charge on any atom is -0.297 e. The summed E-state index contributed by atoms with van der Waals surface area (Å²) in [4.78, 5) is 31.5. The first-order valence-electron chi connectivity index (χ1n) is 6.75. The number of aromatic amines is 1. The highest BCUT2D eigenvalue weighted by Gasteiger charge is 2.20. The van der Waals surface area contributed by atoms with Gasteiger partial charge in [0.2, 0.25) is 5.13 Å². The number of aromatic nitrogens is 3. The molecule has 0 bridgehead atoms. The van der Waals surface area contributed by atoms with Crippen LogP contribution in [0.5, 0.6) is 0 Å². The molecule has 7 heteroatoms. The van der Waals surface area contributed by atoms with E-state index in [0.717, 1.165) is 16.7 Å². The van der Waals surface area contributed by atoms with Crippen molar-refractivity contribution in [3.8, 4) is 5.13 Å². The van der Waals surface area contributed by atoms with Gasteiger partial charge in [-0.1, -0.05) is 45.7 Å². The van der Waals surface area contributed by atoms with Crippen molar-refractivity contribution >= 4 is 22.9 Å². The van der Waals surface area contributed by atoms with Gasteiger partial charge in [-0.25, -0.2) is 14.3 Å². The fourth-order valence-corrected chi connectivity index (χ4v) is 3.20. The molecular weight excluding hydrogens is 310 g/mol. The molecule has 114 valence electrons. The van der Waals surface area contributed by atoms with Crippen molar-refractivity contribution in [2.45, 2.75) is 46.0 Å². The zero-order valence-corrected chi connectivity index (χ0v) is 14.1. The van der Waals surface area contributed by atoms with E-state index in [4.69, 9.17) is 11.6 Å². The van der Waals surface area contributed by atoms with E-state index in [0.29, 0.717) is 17.1 Å². The molecule has 0 spiro atoms. The second kappa shape index (κ2) is 5.77. The molecular formula is C14H18ClN3O2S. The lowest BCUT2D eigenvalue weighted by molar-refractivity contribution is 0.571. The standard InChI is InChI=1S/C14H18ClN3O2S/c1-5-6-8-10(15)17-12(20)18(11(8)19)13-16-9(7-21-13)14(2,3)4/h7H,5-6H2,1-4H3,(H,17,20). The largest absolute Gasteiger partial charge is 0.336 e. The summed E-state index contributed by atoms with van der Waals surface area (Å²) in [6.07, 6.45) is 1.29. The van der Waals surface area contributed by atoms with Crippen molar-refractivity contribution in [2.24, 2.45) is 0 Å². The number of rotatable bonds is 3. The van der Waals surface area contributed by atoms with Crippen LogP contribution in [0.3, 0.4) is 0 Å². The van der Waals surface area contributed by atoms with Gasteiger partial charge in [0.15, 0.2) is 0 Å². The lowest BCUT2D eigenvalue weighted by atomic mass is 9.93. The van der Waals surface area contributed by atoms with Crippen molar-refractivity contribution in [2.75, 3.05) is 0 Å². The van der Waals surface area contributed by atoms with Gasteiger partial charge in [0.05, 0.1) is 11.3 Å². The summed E-state index contributed by atoms with van der Waals surface area (Å²) in [7, 11) is 0. The Morgan fingerprint density at radius 2 is 2.05 bits per heavy atom. The molecule has 0 aromatic carbocycles. The third-order valence-electron chi connectivity index (χ3n) is 3.10. The fourth-order valence-electron chi connectivity index (χ4n) is 1.90. The van der Waals surface area contributed by atoms with Crippen molar-refractivity contribution in [3.05, 3.63) is 42.6 Å². The number of halogens is 1. The Hall–Kier alpha value is -1.40. The number of H-pyrrole nitrogens is 1. The Balaban J connectivity index is 2.64. The van der Waals surface area contributed by atoms with Gasteiger partial charge in [0, 0.05) is 10.8 Å². The van der Waals surface area contributed by atoms with E-state index in [1.54, 1.807) is 0 Å². The number of nitrogens with one attached hydrogen (secondary N) is 1. The highest BCUT2D eigenvalue weighted by molar-refractivity contribution is 7.12. The van der Waals surface area contributed by atoms with Crippen LogP contribution in [0.1, 0.15) is 45.4 Å². The summed E-state index contributed by atoms with van der Waals surface area (Å²) in [5.41, 5.74) is 0.191. The summed E-state index contributed by atoms with van der Waals surface area (Å²) in [6.45, 7) is 8.04. The van der Waals surface area contributed by atoms with Gasteiger partial charge in [0.25, 0.3) is 5.56 Å². The molecule has 0 saturated carbocycles. The van der Waals surface area contributed by atoms with E-state index >= 15 is 0 Å². The molecule has 2 rings (SSSR count). The van der Waals surface area contributed by atoms with Gasteiger partial charge in [-0.15, -0.1) is 11.3 Å². The van der Waals surface area contributed by atoms with Crippen LogP contribution in [-0.2, 0) is 11.8 Å². The molecule has 5 nitrogen and oxygen atoms in total.